The summed E-state index contributed by atoms with van der Waals surface area (Å²) < 4.78 is 40.1. The van der Waals surface area contributed by atoms with Crippen molar-refractivity contribution >= 4 is 17.5 Å². The third-order valence-corrected chi connectivity index (χ3v) is 5.20. The van der Waals surface area contributed by atoms with Crippen LogP contribution in [0.25, 0.3) is 0 Å². The minimum Gasteiger partial charge on any atom is -0.366 e. The monoisotopic (exact) mass is 377 g/mol. The minimum absolute atomic E-state index is 0.136. The fraction of sp³-hybridized carbons (Fsp3) is 0.474. The fourth-order valence-electron chi connectivity index (χ4n) is 3.88. The molecule has 5 nitrogen and oxygen atoms in total. The Labute approximate surface area is 156 Å². The zero-order valence-corrected chi connectivity index (χ0v) is 15.4. The van der Waals surface area contributed by atoms with E-state index in [0.29, 0.717) is 13.1 Å². The minimum atomic E-state index is -4.51. The predicted octanol–water partition coefficient (Wildman–Crippen LogP) is 3.55. The second-order valence-electron chi connectivity index (χ2n) is 7.30. The summed E-state index contributed by atoms with van der Waals surface area (Å²) in [5, 5.41) is 0. The molecule has 2 aliphatic rings. The second kappa shape index (κ2) is 6.58. The quantitative estimate of drug-likeness (QED) is 0.800. The van der Waals surface area contributed by atoms with E-state index >= 15 is 0 Å². The molecular formula is C19H22F3N5. The molecule has 2 aromatic rings. The topological polar surface area (TPSA) is 35.5 Å². The van der Waals surface area contributed by atoms with Gasteiger partial charge in [-0.25, -0.2) is 4.98 Å². The fourth-order valence-corrected chi connectivity index (χ4v) is 3.88. The van der Waals surface area contributed by atoms with E-state index in [1.54, 1.807) is 19.0 Å². The third-order valence-electron chi connectivity index (χ3n) is 5.20. The summed E-state index contributed by atoms with van der Waals surface area (Å²) in [5.74, 6) is 0.394. The number of hydrogen-bond acceptors (Lipinski definition) is 5. The summed E-state index contributed by atoms with van der Waals surface area (Å²) in [7, 11) is 3.37. The van der Waals surface area contributed by atoms with Crippen LogP contribution in [-0.2, 0) is 12.7 Å². The molecule has 1 aromatic heterocycles. The lowest BCUT2D eigenvalue weighted by Crippen LogP contribution is -2.38. The van der Waals surface area contributed by atoms with Gasteiger partial charge in [0.1, 0.15) is 5.82 Å². The molecule has 1 atom stereocenters. The highest BCUT2D eigenvalue weighted by Crippen LogP contribution is 2.36. The number of aromatic nitrogens is 2. The highest BCUT2D eigenvalue weighted by Gasteiger charge is 2.36. The standard InChI is InChI=1S/C19H22F3N5/c1-25(2)17-10-16(19(20,21)22)23-18(24-17)26-11-13-6-3-4-8-15(13)27-9-5-7-14(27)12-26/h3-4,6,8,10,14H,5,7,9,11-12H2,1-2H3/t14-/m0/s1. The zero-order valence-electron chi connectivity index (χ0n) is 15.4. The molecule has 144 valence electrons. The van der Waals surface area contributed by atoms with Gasteiger partial charge in [-0.3, -0.25) is 0 Å². The number of halogens is 3. The van der Waals surface area contributed by atoms with Crippen molar-refractivity contribution in [3.05, 3.63) is 41.6 Å². The average Bonchev–Trinajstić information content (AvgIpc) is 3.02. The summed E-state index contributed by atoms with van der Waals surface area (Å²) in [4.78, 5) is 14.1. The number of anilines is 3. The molecule has 1 aromatic carbocycles. The van der Waals surface area contributed by atoms with Crippen LogP contribution in [0.3, 0.4) is 0 Å². The van der Waals surface area contributed by atoms with Gasteiger partial charge in [0.15, 0.2) is 5.69 Å². The molecule has 2 aliphatic heterocycles. The van der Waals surface area contributed by atoms with Crippen LogP contribution in [0.15, 0.2) is 30.3 Å². The molecule has 3 heterocycles. The van der Waals surface area contributed by atoms with Gasteiger partial charge in [-0.15, -0.1) is 0 Å². The molecule has 0 N–H and O–H groups in total. The maximum atomic E-state index is 13.4. The van der Waals surface area contributed by atoms with Crippen LogP contribution >= 0.6 is 0 Å². The molecule has 0 unspecified atom stereocenters. The van der Waals surface area contributed by atoms with Crippen LogP contribution in [0.5, 0.6) is 0 Å². The zero-order chi connectivity index (χ0) is 19.2. The molecule has 8 heteroatoms. The predicted molar refractivity (Wildman–Crippen MR) is 99.2 cm³/mol. The van der Waals surface area contributed by atoms with Crippen molar-refractivity contribution in [3.63, 3.8) is 0 Å². The van der Waals surface area contributed by atoms with Gasteiger partial charge in [0.25, 0.3) is 0 Å². The summed E-state index contributed by atoms with van der Waals surface area (Å²) >= 11 is 0. The van der Waals surface area contributed by atoms with Crippen LogP contribution in [-0.4, -0.2) is 43.2 Å². The van der Waals surface area contributed by atoms with Crippen LogP contribution in [0.1, 0.15) is 24.1 Å². The van der Waals surface area contributed by atoms with E-state index in [1.165, 1.54) is 5.69 Å². The van der Waals surface area contributed by atoms with E-state index in [-0.39, 0.29) is 17.8 Å². The van der Waals surface area contributed by atoms with Gasteiger partial charge in [-0.2, -0.15) is 18.2 Å². The first-order valence-electron chi connectivity index (χ1n) is 9.06. The van der Waals surface area contributed by atoms with Crippen molar-refractivity contribution in [1.82, 2.24) is 9.97 Å². The van der Waals surface area contributed by atoms with Crippen molar-refractivity contribution in [2.24, 2.45) is 0 Å². The van der Waals surface area contributed by atoms with Crippen molar-refractivity contribution in [1.29, 1.82) is 0 Å². The van der Waals surface area contributed by atoms with Gasteiger partial charge in [0.05, 0.1) is 0 Å². The largest absolute Gasteiger partial charge is 0.433 e. The highest BCUT2D eigenvalue weighted by molar-refractivity contribution is 5.59. The van der Waals surface area contributed by atoms with Crippen molar-refractivity contribution in [2.45, 2.75) is 31.6 Å². The molecule has 0 saturated carbocycles. The summed E-state index contributed by atoms with van der Waals surface area (Å²) in [6.07, 6.45) is -2.41. The van der Waals surface area contributed by atoms with E-state index < -0.39 is 11.9 Å². The van der Waals surface area contributed by atoms with Crippen molar-refractivity contribution in [3.8, 4) is 0 Å². The van der Waals surface area contributed by atoms with Gasteiger partial charge < -0.3 is 14.7 Å². The molecule has 1 fully saturated rings. The van der Waals surface area contributed by atoms with Gasteiger partial charge >= 0.3 is 6.18 Å². The number of benzene rings is 1. The molecule has 4 rings (SSSR count). The number of fused-ring (bicyclic) bond motifs is 3. The Morgan fingerprint density at radius 2 is 1.93 bits per heavy atom. The Morgan fingerprint density at radius 1 is 1.15 bits per heavy atom. The molecule has 0 spiro atoms. The van der Waals surface area contributed by atoms with Crippen molar-refractivity contribution in [2.75, 3.05) is 41.9 Å². The summed E-state index contributed by atoms with van der Waals surface area (Å²) in [5.41, 5.74) is 1.36. The first-order chi connectivity index (χ1) is 12.8. The Balaban J connectivity index is 1.78. The molecular weight excluding hydrogens is 355 g/mol. The average molecular weight is 377 g/mol. The maximum absolute atomic E-state index is 13.4. The number of rotatable bonds is 2. The third kappa shape index (κ3) is 3.40. The van der Waals surface area contributed by atoms with Crippen LogP contribution in [0, 0.1) is 0 Å². The van der Waals surface area contributed by atoms with E-state index in [0.717, 1.165) is 31.0 Å². The van der Waals surface area contributed by atoms with E-state index in [4.69, 9.17) is 0 Å². The number of alkyl halides is 3. The van der Waals surface area contributed by atoms with Crippen LogP contribution in [0.4, 0.5) is 30.6 Å². The summed E-state index contributed by atoms with van der Waals surface area (Å²) in [6, 6.07) is 9.35. The second-order valence-corrected chi connectivity index (χ2v) is 7.30. The molecule has 0 bridgehead atoms. The normalized spacial score (nSPS) is 19.5. The SMILES string of the molecule is CN(C)c1cc(C(F)(F)F)nc(N2Cc3ccccc3N3CCC[C@H]3C2)n1. The molecule has 0 amide bonds. The molecule has 0 radical (unpaired) electrons. The Morgan fingerprint density at radius 3 is 2.67 bits per heavy atom. The van der Waals surface area contributed by atoms with Gasteiger partial charge in [-0.1, -0.05) is 18.2 Å². The number of nitrogens with zero attached hydrogens (tertiary/aromatic N) is 5. The Bertz CT molecular complexity index is 836. The first-order valence-corrected chi connectivity index (χ1v) is 9.06. The van der Waals surface area contributed by atoms with Gasteiger partial charge in [0.2, 0.25) is 5.95 Å². The van der Waals surface area contributed by atoms with E-state index in [9.17, 15) is 13.2 Å². The summed E-state index contributed by atoms with van der Waals surface area (Å²) in [6.45, 7) is 2.09. The van der Waals surface area contributed by atoms with E-state index in [2.05, 4.69) is 20.9 Å². The first kappa shape index (κ1) is 17.9. The Kier molecular flexibility index (Phi) is 4.36. The van der Waals surface area contributed by atoms with Crippen molar-refractivity contribution < 1.29 is 13.2 Å². The van der Waals surface area contributed by atoms with Gasteiger partial charge in [-0.05, 0) is 24.5 Å². The maximum Gasteiger partial charge on any atom is 0.433 e. The van der Waals surface area contributed by atoms with Crippen LogP contribution < -0.4 is 14.7 Å². The van der Waals surface area contributed by atoms with Gasteiger partial charge in [0, 0.05) is 51.5 Å². The molecule has 0 aliphatic carbocycles. The Hall–Kier alpha value is -2.51. The number of hydrogen-bond donors (Lipinski definition) is 0. The lowest BCUT2D eigenvalue weighted by Gasteiger charge is -2.28. The lowest BCUT2D eigenvalue weighted by atomic mass is 10.1. The van der Waals surface area contributed by atoms with E-state index in [1.807, 2.05) is 23.1 Å². The van der Waals surface area contributed by atoms with Crippen LogP contribution in [0.2, 0.25) is 0 Å². The number of para-hydroxylation sites is 1. The lowest BCUT2D eigenvalue weighted by molar-refractivity contribution is -0.141. The highest BCUT2D eigenvalue weighted by atomic mass is 19.4. The smallest absolute Gasteiger partial charge is 0.366 e. The molecule has 1 saturated heterocycles. The molecule has 27 heavy (non-hydrogen) atoms.